The lowest BCUT2D eigenvalue weighted by Crippen LogP contribution is -2.42. The van der Waals surface area contributed by atoms with Gasteiger partial charge >= 0.3 is 5.97 Å². The number of carbonyl (C=O) groups is 2. The summed E-state index contributed by atoms with van der Waals surface area (Å²) in [5, 5.41) is 12.2. The van der Waals surface area contributed by atoms with Gasteiger partial charge in [0.2, 0.25) is 0 Å². The Balaban J connectivity index is 1.55. The van der Waals surface area contributed by atoms with Gasteiger partial charge in [-0.3, -0.25) is 9.69 Å². The summed E-state index contributed by atoms with van der Waals surface area (Å²) in [4.78, 5) is 27.7. The van der Waals surface area contributed by atoms with Gasteiger partial charge in [0.15, 0.2) is 0 Å². The summed E-state index contributed by atoms with van der Waals surface area (Å²) in [6, 6.07) is 12.6. The molecule has 1 saturated heterocycles. The Kier molecular flexibility index (Phi) is 10.6. The van der Waals surface area contributed by atoms with Gasteiger partial charge in [-0.15, -0.1) is 0 Å². The van der Waals surface area contributed by atoms with Crippen LogP contribution in [0.15, 0.2) is 42.5 Å². The van der Waals surface area contributed by atoms with Crippen molar-refractivity contribution in [1.29, 1.82) is 0 Å². The molecule has 9 heteroatoms. The molecule has 3 atom stereocenters. The van der Waals surface area contributed by atoms with Crippen LogP contribution in [0.4, 0.5) is 0 Å². The molecule has 0 bridgehead atoms. The fourth-order valence-corrected chi connectivity index (χ4v) is 6.79. The van der Waals surface area contributed by atoms with Crippen molar-refractivity contribution in [3.63, 3.8) is 0 Å². The summed E-state index contributed by atoms with van der Waals surface area (Å²) in [6.07, 6.45) is 8.45. The molecule has 1 heterocycles. The van der Waals surface area contributed by atoms with Gasteiger partial charge in [0.1, 0.15) is 15.9 Å². The van der Waals surface area contributed by atoms with Gasteiger partial charge in [-0.1, -0.05) is 56.5 Å². The first-order valence-corrected chi connectivity index (χ1v) is 16.8. The minimum Gasteiger partial charge on any atom is -0.480 e. The summed E-state index contributed by atoms with van der Waals surface area (Å²) < 4.78 is 29.6. The van der Waals surface area contributed by atoms with E-state index in [1.807, 2.05) is 43.3 Å². The maximum atomic E-state index is 13.4. The van der Waals surface area contributed by atoms with Crippen LogP contribution in [0, 0.1) is 12.8 Å². The van der Waals surface area contributed by atoms with Crippen LogP contribution in [0.25, 0.3) is 11.1 Å². The topological polar surface area (TPSA) is 113 Å². The predicted octanol–water partition coefficient (Wildman–Crippen LogP) is 4.84. The average Bonchev–Trinajstić information content (AvgIpc) is 3.28. The highest BCUT2D eigenvalue weighted by Gasteiger charge is 2.31. The number of sulfone groups is 1. The molecule has 224 valence electrons. The molecule has 4 rings (SSSR count). The number of benzene rings is 2. The van der Waals surface area contributed by atoms with E-state index in [-0.39, 0.29) is 12.2 Å². The fraction of sp³-hybridized carbons (Fsp3) is 0.562. The maximum Gasteiger partial charge on any atom is 0.326 e. The second-order valence-electron chi connectivity index (χ2n) is 12.0. The van der Waals surface area contributed by atoms with Crippen LogP contribution in [0.1, 0.15) is 73.4 Å². The zero-order chi connectivity index (χ0) is 29.6. The van der Waals surface area contributed by atoms with Gasteiger partial charge in [0.05, 0.1) is 18.5 Å². The predicted molar refractivity (Wildman–Crippen MR) is 161 cm³/mol. The molecule has 8 nitrogen and oxygen atoms in total. The summed E-state index contributed by atoms with van der Waals surface area (Å²) in [5.41, 5.74) is 4.06. The summed E-state index contributed by atoms with van der Waals surface area (Å²) in [6.45, 7) is 6.72. The fourth-order valence-electron chi connectivity index (χ4n) is 6.13. The van der Waals surface area contributed by atoms with Gasteiger partial charge < -0.3 is 15.2 Å². The van der Waals surface area contributed by atoms with Gasteiger partial charge in [0, 0.05) is 31.0 Å². The van der Waals surface area contributed by atoms with Crippen molar-refractivity contribution in [2.24, 2.45) is 5.92 Å². The molecule has 1 aliphatic carbocycles. The SMILES string of the molecule is Cc1ccccc1-c1cc(CN2C[C@@H](C)C[C@H]2COC2CCCCC2)ccc1C(=O)N[C@@H](CCS(C)(=O)=O)C(=O)O. The lowest BCUT2D eigenvalue weighted by Gasteiger charge is -2.28. The van der Waals surface area contributed by atoms with Crippen molar-refractivity contribution >= 4 is 21.7 Å². The number of aliphatic carboxylic acids is 1. The lowest BCUT2D eigenvalue weighted by atomic mass is 9.93. The third-order valence-electron chi connectivity index (χ3n) is 8.34. The monoisotopic (exact) mass is 584 g/mol. The molecule has 0 unspecified atom stereocenters. The first kappa shape index (κ1) is 31.2. The van der Waals surface area contributed by atoms with Crippen LogP contribution < -0.4 is 5.32 Å². The highest BCUT2D eigenvalue weighted by Crippen LogP contribution is 2.31. The molecule has 0 spiro atoms. The zero-order valence-electron chi connectivity index (χ0n) is 24.5. The van der Waals surface area contributed by atoms with E-state index in [0.717, 1.165) is 67.5 Å². The van der Waals surface area contributed by atoms with Crippen molar-refractivity contribution in [1.82, 2.24) is 10.2 Å². The zero-order valence-corrected chi connectivity index (χ0v) is 25.3. The van der Waals surface area contributed by atoms with E-state index in [0.29, 0.717) is 23.6 Å². The van der Waals surface area contributed by atoms with Crippen LogP contribution in [-0.4, -0.2) is 73.6 Å². The Labute approximate surface area is 244 Å². The van der Waals surface area contributed by atoms with E-state index in [2.05, 4.69) is 17.1 Å². The Morgan fingerprint density at radius 3 is 2.51 bits per heavy atom. The Bertz CT molecular complexity index is 1320. The highest BCUT2D eigenvalue weighted by molar-refractivity contribution is 7.90. The number of hydrogen-bond donors (Lipinski definition) is 2. The smallest absolute Gasteiger partial charge is 0.326 e. The minimum absolute atomic E-state index is 0.199. The number of amides is 1. The van der Waals surface area contributed by atoms with Gasteiger partial charge in [0.25, 0.3) is 5.91 Å². The van der Waals surface area contributed by atoms with E-state index in [1.165, 1.54) is 19.3 Å². The second-order valence-corrected chi connectivity index (χ2v) is 14.3. The average molecular weight is 585 g/mol. The Morgan fingerprint density at radius 1 is 1.10 bits per heavy atom. The molecule has 1 amide bonds. The molecule has 2 aromatic carbocycles. The highest BCUT2D eigenvalue weighted by atomic mass is 32.2. The van der Waals surface area contributed by atoms with Crippen LogP contribution in [-0.2, 0) is 25.9 Å². The van der Waals surface area contributed by atoms with E-state index >= 15 is 0 Å². The number of carboxylic acid groups (broad SMARTS) is 1. The maximum absolute atomic E-state index is 13.4. The third kappa shape index (κ3) is 8.87. The van der Waals surface area contributed by atoms with Gasteiger partial charge in [-0.05, 0) is 72.9 Å². The minimum atomic E-state index is -3.37. The van der Waals surface area contributed by atoms with Crippen molar-refractivity contribution in [3.8, 4) is 11.1 Å². The molecule has 2 fully saturated rings. The molecule has 0 radical (unpaired) electrons. The van der Waals surface area contributed by atoms with Crippen LogP contribution >= 0.6 is 0 Å². The molecular weight excluding hydrogens is 540 g/mol. The van der Waals surface area contributed by atoms with E-state index in [9.17, 15) is 23.1 Å². The van der Waals surface area contributed by atoms with Gasteiger partial charge in [-0.2, -0.15) is 0 Å². The summed E-state index contributed by atoms with van der Waals surface area (Å²) >= 11 is 0. The van der Waals surface area contributed by atoms with E-state index in [4.69, 9.17) is 4.74 Å². The first-order valence-electron chi connectivity index (χ1n) is 14.8. The number of likely N-dealkylation sites (tertiary alicyclic amines) is 1. The van der Waals surface area contributed by atoms with E-state index in [1.54, 1.807) is 6.07 Å². The molecule has 2 aromatic rings. The molecule has 2 aliphatic rings. The van der Waals surface area contributed by atoms with Crippen molar-refractivity contribution < 1.29 is 27.9 Å². The molecule has 41 heavy (non-hydrogen) atoms. The largest absolute Gasteiger partial charge is 0.480 e. The molecule has 0 aromatic heterocycles. The number of carboxylic acids is 1. The lowest BCUT2D eigenvalue weighted by molar-refractivity contribution is -0.139. The number of hydrogen-bond acceptors (Lipinski definition) is 6. The van der Waals surface area contributed by atoms with Crippen LogP contribution in [0.2, 0.25) is 0 Å². The van der Waals surface area contributed by atoms with Crippen molar-refractivity contribution in [2.75, 3.05) is 25.2 Å². The molecule has 1 aliphatic heterocycles. The Morgan fingerprint density at radius 2 is 1.83 bits per heavy atom. The first-order chi connectivity index (χ1) is 19.5. The number of rotatable bonds is 12. The van der Waals surface area contributed by atoms with Crippen molar-refractivity contribution in [2.45, 2.75) is 83.5 Å². The van der Waals surface area contributed by atoms with Crippen LogP contribution in [0.5, 0.6) is 0 Å². The van der Waals surface area contributed by atoms with Crippen LogP contribution in [0.3, 0.4) is 0 Å². The number of ether oxygens (including phenoxy) is 1. The number of nitrogens with zero attached hydrogens (tertiary/aromatic N) is 1. The normalized spacial score (nSPS) is 21.0. The number of aryl methyl sites for hydroxylation is 1. The summed E-state index contributed by atoms with van der Waals surface area (Å²) in [5.74, 6) is -1.55. The summed E-state index contributed by atoms with van der Waals surface area (Å²) in [7, 11) is -3.37. The number of nitrogens with one attached hydrogen (secondary N) is 1. The third-order valence-corrected chi connectivity index (χ3v) is 9.32. The quantitative estimate of drug-likeness (QED) is 0.367. The van der Waals surface area contributed by atoms with Crippen molar-refractivity contribution in [3.05, 3.63) is 59.2 Å². The molecular formula is C32H44N2O6S. The number of carbonyl (C=O) groups excluding carboxylic acids is 1. The Hall–Kier alpha value is -2.75. The standard InChI is InChI=1S/C32H44N2O6S/c1-22-17-25(21-40-26-10-5-4-6-11-26)34(19-22)20-24-13-14-28(29(18-24)27-12-8-7-9-23(27)2)31(35)33-30(32(36)37)15-16-41(3,38)39/h7-9,12-14,18,22,25-26,30H,4-6,10-11,15-17,19-21H2,1-3H3,(H,33,35)(H,36,37)/t22-,25-,30-/m0/s1. The second kappa shape index (κ2) is 13.9. The molecule has 2 N–H and O–H groups in total. The van der Waals surface area contributed by atoms with Gasteiger partial charge in [-0.25, -0.2) is 13.2 Å². The molecule has 1 saturated carbocycles. The van der Waals surface area contributed by atoms with E-state index < -0.39 is 27.8 Å².